The Morgan fingerprint density at radius 2 is 2.03 bits per heavy atom. The number of aliphatic imine (C=N–C) groups is 1. The van der Waals surface area contributed by atoms with E-state index in [1.165, 1.54) is 5.00 Å². The molecule has 2 N–H and O–H groups in total. The standard InChI is InChI=1S/C22H32N4O2S.HI/c1-3-23-22(24-17-18-6-4-7-20(16-18)28-14-13-27-2)25-19-9-11-26(12-10-19)21-8-5-15-29-21;/h4-8,15-16,19H,3,9-14,17H2,1-2H3,(H2,23,24,25);1H. The van der Waals surface area contributed by atoms with E-state index in [0.29, 0.717) is 25.8 Å². The molecule has 1 aliphatic rings. The largest absolute Gasteiger partial charge is 0.491 e. The molecule has 30 heavy (non-hydrogen) atoms. The molecule has 3 rings (SSSR count). The zero-order chi connectivity index (χ0) is 20.3. The summed E-state index contributed by atoms with van der Waals surface area (Å²) < 4.78 is 10.7. The minimum absolute atomic E-state index is 0. The van der Waals surface area contributed by atoms with Gasteiger partial charge < -0.3 is 25.0 Å². The van der Waals surface area contributed by atoms with Crippen LogP contribution < -0.4 is 20.3 Å². The SMILES string of the molecule is CCNC(=NCc1cccc(OCCOC)c1)NC1CCN(c2cccs2)CC1.I. The number of nitrogens with one attached hydrogen (secondary N) is 2. The monoisotopic (exact) mass is 544 g/mol. The van der Waals surface area contributed by atoms with E-state index in [-0.39, 0.29) is 24.0 Å². The number of guanidine groups is 1. The number of benzene rings is 1. The number of nitrogens with zero attached hydrogens (tertiary/aromatic N) is 2. The van der Waals surface area contributed by atoms with E-state index in [2.05, 4.69) is 46.0 Å². The number of halogens is 1. The maximum Gasteiger partial charge on any atom is 0.191 e. The molecule has 0 saturated carbocycles. The Morgan fingerprint density at radius 3 is 2.73 bits per heavy atom. The van der Waals surface area contributed by atoms with Gasteiger partial charge in [0.2, 0.25) is 0 Å². The van der Waals surface area contributed by atoms with E-state index in [9.17, 15) is 0 Å². The topological polar surface area (TPSA) is 58.1 Å². The molecule has 8 heteroatoms. The van der Waals surface area contributed by atoms with Gasteiger partial charge in [-0.3, -0.25) is 0 Å². The Labute approximate surface area is 201 Å². The number of methoxy groups -OCH3 is 1. The molecule has 0 aliphatic carbocycles. The fraction of sp³-hybridized carbons (Fsp3) is 0.500. The van der Waals surface area contributed by atoms with E-state index < -0.39 is 0 Å². The van der Waals surface area contributed by atoms with Crippen molar-refractivity contribution in [1.82, 2.24) is 10.6 Å². The van der Waals surface area contributed by atoms with Crippen molar-refractivity contribution in [2.45, 2.75) is 32.4 Å². The number of thiophene rings is 1. The summed E-state index contributed by atoms with van der Waals surface area (Å²) in [6, 6.07) is 12.9. The van der Waals surface area contributed by atoms with Crippen LogP contribution in [-0.4, -0.2) is 52.0 Å². The van der Waals surface area contributed by atoms with Crippen molar-refractivity contribution in [2.75, 3.05) is 44.9 Å². The molecule has 1 aromatic heterocycles. The van der Waals surface area contributed by atoms with Crippen molar-refractivity contribution >= 4 is 46.3 Å². The predicted molar refractivity (Wildman–Crippen MR) is 137 cm³/mol. The van der Waals surface area contributed by atoms with Crippen LogP contribution in [-0.2, 0) is 11.3 Å². The molecule has 166 valence electrons. The average molecular weight is 545 g/mol. The third-order valence-electron chi connectivity index (χ3n) is 4.87. The molecule has 2 heterocycles. The molecule has 6 nitrogen and oxygen atoms in total. The van der Waals surface area contributed by atoms with Crippen molar-refractivity contribution in [3.05, 3.63) is 47.3 Å². The first kappa shape index (κ1) is 24.7. The van der Waals surface area contributed by atoms with Gasteiger partial charge in [-0.1, -0.05) is 12.1 Å². The van der Waals surface area contributed by atoms with Crippen molar-refractivity contribution in [1.29, 1.82) is 0 Å². The third-order valence-corrected chi connectivity index (χ3v) is 5.80. The quantitative estimate of drug-likeness (QED) is 0.215. The molecule has 0 spiro atoms. The molecule has 0 atom stereocenters. The highest BCUT2D eigenvalue weighted by molar-refractivity contribution is 14.0. The molecule has 1 aliphatic heterocycles. The third kappa shape index (κ3) is 7.96. The fourth-order valence-corrected chi connectivity index (χ4v) is 4.14. The first-order chi connectivity index (χ1) is 14.3. The Kier molecular flexibility index (Phi) is 11.3. The van der Waals surface area contributed by atoms with E-state index in [1.54, 1.807) is 7.11 Å². The summed E-state index contributed by atoms with van der Waals surface area (Å²) in [6.45, 7) is 6.86. The van der Waals surface area contributed by atoms with Crippen LogP contribution in [0.3, 0.4) is 0 Å². The van der Waals surface area contributed by atoms with E-state index in [0.717, 1.165) is 49.7 Å². The summed E-state index contributed by atoms with van der Waals surface area (Å²) in [5.41, 5.74) is 1.13. The number of hydrogen-bond acceptors (Lipinski definition) is 5. The minimum Gasteiger partial charge on any atom is -0.491 e. The predicted octanol–water partition coefficient (Wildman–Crippen LogP) is 4.12. The molecule has 2 aromatic rings. The average Bonchev–Trinajstić information content (AvgIpc) is 3.28. The van der Waals surface area contributed by atoms with Crippen molar-refractivity contribution in [2.24, 2.45) is 4.99 Å². The summed E-state index contributed by atoms with van der Waals surface area (Å²) in [5, 5.41) is 10.5. The van der Waals surface area contributed by atoms with Gasteiger partial charge in [-0.15, -0.1) is 35.3 Å². The second kappa shape index (κ2) is 13.7. The molecular weight excluding hydrogens is 511 g/mol. The summed E-state index contributed by atoms with van der Waals surface area (Å²) in [7, 11) is 1.68. The van der Waals surface area contributed by atoms with Gasteiger partial charge in [-0.25, -0.2) is 4.99 Å². The summed E-state index contributed by atoms with van der Waals surface area (Å²) in [4.78, 5) is 7.26. The van der Waals surface area contributed by atoms with Crippen LogP contribution in [0.25, 0.3) is 0 Å². The molecule has 0 bridgehead atoms. The second-order valence-corrected chi connectivity index (χ2v) is 7.97. The van der Waals surface area contributed by atoms with Crippen LogP contribution in [0.5, 0.6) is 5.75 Å². The summed E-state index contributed by atoms with van der Waals surface area (Å²) in [5.74, 6) is 1.74. The number of hydrogen-bond donors (Lipinski definition) is 2. The number of rotatable bonds is 9. The van der Waals surface area contributed by atoms with Gasteiger partial charge in [0.05, 0.1) is 18.2 Å². The minimum atomic E-state index is 0. The van der Waals surface area contributed by atoms with Crippen LogP contribution in [0.1, 0.15) is 25.3 Å². The Bertz CT molecular complexity index is 749. The Balaban J connectivity index is 0.00000320. The highest BCUT2D eigenvalue weighted by atomic mass is 127. The van der Waals surface area contributed by atoms with Crippen LogP contribution in [0.15, 0.2) is 46.8 Å². The summed E-state index contributed by atoms with van der Waals surface area (Å²) in [6.07, 6.45) is 2.23. The highest BCUT2D eigenvalue weighted by Crippen LogP contribution is 2.24. The Morgan fingerprint density at radius 1 is 1.20 bits per heavy atom. The number of piperidine rings is 1. The van der Waals surface area contributed by atoms with Gasteiger partial charge in [0.25, 0.3) is 0 Å². The van der Waals surface area contributed by atoms with E-state index in [1.807, 2.05) is 29.5 Å². The molecule has 0 radical (unpaired) electrons. The molecule has 1 fully saturated rings. The van der Waals surface area contributed by atoms with Gasteiger partial charge >= 0.3 is 0 Å². The normalized spacial score (nSPS) is 14.9. The molecular formula is C22H33IN4O2S. The van der Waals surface area contributed by atoms with Crippen molar-refractivity contribution in [3.8, 4) is 5.75 Å². The van der Waals surface area contributed by atoms with Crippen LogP contribution in [0, 0.1) is 0 Å². The lowest BCUT2D eigenvalue weighted by molar-refractivity contribution is 0.146. The Hall–Kier alpha value is -1.52. The maximum atomic E-state index is 5.70. The molecule has 1 saturated heterocycles. The molecule has 1 aromatic carbocycles. The first-order valence-corrected chi connectivity index (χ1v) is 11.2. The highest BCUT2D eigenvalue weighted by Gasteiger charge is 2.20. The van der Waals surface area contributed by atoms with E-state index >= 15 is 0 Å². The smallest absolute Gasteiger partial charge is 0.191 e. The van der Waals surface area contributed by atoms with E-state index in [4.69, 9.17) is 14.5 Å². The van der Waals surface area contributed by atoms with Crippen molar-refractivity contribution in [3.63, 3.8) is 0 Å². The van der Waals surface area contributed by atoms with Gasteiger partial charge in [0.1, 0.15) is 12.4 Å². The van der Waals surface area contributed by atoms with Gasteiger partial charge in [0.15, 0.2) is 5.96 Å². The van der Waals surface area contributed by atoms with Gasteiger partial charge in [-0.2, -0.15) is 0 Å². The number of ether oxygens (including phenoxy) is 2. The zero-order valence-corrected chi connectivity index (χ0v) is 20.9. The number of anilines is 1. The second-order valence-electron chi connectivity index (χ2n) is 7.04. The zero-order valence-electron chi connectivity index (χ0n) is 17.8. The van der Waals surface area contributed by atoms with Crippen LogP contribution in [0.2, 0.25) is 0 Å². The molecule has 0 amide bonds. The van der Waals surface area contributed by atoms with Gasteiger partial charge in [-0.05, 0) is 55.0 Å². The lowest BCUT2D eigenvalue weighted by Gasteiger charge is -2.33. The maximum absolute atomic E-state index is 5.70. The first-order valence-electron chi connectivity index (χ1n) is 10.3. The molecule has 0 unspecified atom stereocenters. The van der Waals surface area contributed by atoms with Crippen LogP contribution in [0.4, 0.5) is 5.00 Å². The lowest BCUT2D eigenvalue weighted by atomic mass is 10.1. The fourth-order valence-electron chi connectivity index (χ4n) is 3.35. The van der Waals surface area contributed by atoms with Gasteiger partial charge in [0, 0.05) is 32.8 Å². The summed E-state index contributed by atoms with van der Waals surface area (Å²) >= 11 is 1.82. The van der Waals surface area contributed by atoms with Crippen LogP contribution >= 0.6 is 35.3 Å². The lowest BCUT2D eigenvalue weighted by Crippen LogP contribution is -2.48. The van der Waals surface area contributed by atoms with Crippen molar-refractivity contribution < 1.29 is 9.47 Å².